The Morgan fingerprint density at radius 1 is 1.21 bits per heavy atom. The van der Waals surface area contributed by atoms with Crippen LogP contribution in [-0.2, 0) is 4.79 Å². The third kappa shape index (κ3) is 4.85. The molecular weight excluding hydrogens is 368 g/mol. The number of aromatic nitrogens is 1. The van der Waals surface area contributed by atoms with Crippen molar-refractivity contribution < 1.29 is 4.79 Å². The van der Waals surface area contributed by atoms with Crippen LogP contribution in [0, 0.1) is 25.2 Å². The van der Waals surface area contributed by atoms with Crippen LogP contribution in [0.15, 0.2) is 35.4 Å². The largest absolute Gasteiger partial charge is 0.372 e. The maximum Gasteiger partial charge on any atom is 0.237 e. The molecule has 1 amide bonds. The molecular formula is C22H26N4OS. The van der Waals surface area contributed by atoms with Crippen molar-refractivity contribution in [1.82, 2.24) is 4.98 Å². The number of nitrogens with zero attached hydrogens (tertiary/aromatic N) is 3. The van der Waals surface area contributed by atoms with Gasteiger partial charge in [-0.2, -0.15) is 5.26 Å². The lowest BCUT2D eigenvalue weighted by atomic mass is 10.1. The molecule has 1 saturated heterocycles. The number of nitrogens with one attached hydrogen (secondary N) is 1. The van der Waals surface area contributed by atoms with Crippen molar-refractivity contribution in [3.8, 4) is 6.07 Å². The van der Waals surface area contributed by atoms with Crippen molar-refractivity contribution in [2.24, 2.45) is 0 Å². The summed E-state index contributed by atoms with van der Waals surface area (Å²) in [6.45, 7) is 7.83. The third-order valence-electron chi connectivity index (χ3n) is 4.94. The van der Waals surface area contributed by atoms with Crippen molar-refractivity contribution >= 4 is 29.0 Å². The number of piperidine rings is 1. The SMILES string of the molecule is Cc1cc(C)c(C#N)c(SC(C)C(=O)Nc2ccc(N3CCCCC3)cc2)n1. The van der Waals surface area contributed by atoms with Crippen LogP contribution in [0.2, 0.25) is 0 Å². The molecule has 1 aliphatic heterocycles. The zero-order valence-electron chi connectivity index (χ0n) is 16.7. The van der Waals surface area contributed by atoms with Crippen molar-refractivity contribution in [2.45, 2.75) is 50.3 Å². The molecule has 1 atom stereocenters. The molecule has 146 valence electrons. The van der Waals surface area contributed by atoms with Gasteiger partial charge in [0.05, 0.1) is 10.8 Å². The maximum atomic E-state index is 12.6. The number of anilines is 2. The third-order valence-corrected chi connectivity index (χ3v) is 6.02. The molecule has 1 aliphatic rings. The van der Waals surface area contributed by atoms with Gasteiger partial charge < -0.3 is 10.2 Å². The van der Waals surface area contributed by atoms with Gasteiger partial charge in [0.15, 0.2) is 0 Å². The van der Waals surface area contributed by atoms with E-state index in [0.29, 0.717) is 10.6 Å². The molecule has 0 aliphatic carbocycles. The van der Waals surface area contributed by atoms with E-state index in [9.17, 15) is 10.1 Å². The van der Waals surface area contributed by atoms with Crippen molar-refractivity contribution in [3.63, 3.8) is 0 Å². The predicted molar refractivity (Wildman–Crippen MR) is 115 cm³/mol. The molecule has 0 bridgehead atoms. The first-order valence-corrected chi connectivity index (χ1v) is 10.6. The average Bonchev–Trinajstić information content (AvgIpc) is 2.69. The summed E-state index contributed by atoms with van der Waals surface area (Å²) in [7, 11) is 0. The minimum Gasteiger partial charge on any atom is -0.372 e. The topological polar surface area (TPSA) is 69.0 Å². The standard InChI is InChI=1S/C22H26N4OS/c1-15-13-16(2)24-22(20(15)14-23)28-17(3)21(27)25-18-7-9-19(10-8-18)26-11-5-4-6-12-26/h7-10,13,17H,4-6,11-12H2,1-3H3,(H,25,27). The Morgan fingerprint density at radius 2 is 1.89 bits per heavy atom. The Hall–Kier alpha value is -2.52. The summed E-state index contributed by atoms with van der Waals surface area (Å²) in [5, 5.41) is 12.6. The van der Waals surface area contributed by atoms with E-state index in [-0.39, 0.29) is 11.2 Å². The Labute approximate surface area is 171 Å². The number of aryl methyl sites for hydroxylation is 2. The first kappa shape index (κ1) is 20.2. The summed E-state index contributed by atoms with van der Waals surface area (Å²) in [6, 6.07) is 12.1. The molecule has 28 heavy (non-hydrogen) atoms. The number of pyridine rings is 1. The van der Waals surface area contributed by atoms with Crippen LogP contribution in [0.4, 0.5) is 11.4 Å². The lowest BCUT2D eigenvalue weighted by Crippen LogP contribution is -2.29. The van der Waals surface area contributed by atoms with Crippen LogP contribution in [0.3, 0.4) is 0 Å². The van der Waals surface area contributed by atoms with Crippen LogP contribution in [0.1, 0.15) is 43.0 Å². The molecule has 6 heteroatoms. The zero-order valence-corrected chi connectivity index (χ0v) is 17.5. The van der Waals surface area contributed by atoms with Crippen molar-refractivity contribution in [2.75, 3.05) is 23.3 Å². The van der Waals surface area contributed by atoms with Crippen LogP contribution < -0.4 is 10.2 Å². The fraction of sp³-hybridized carbons (Fsp3) is 0.409. The molecule has 5 nitrogen and oxygen atoms in total. The molecule has 1 fully saturated rings. The van der Waals surface area contributed by atoms with Gasteiger partial charge in [0, 0.05) is 30.2 Å². The molecule has 1 aromatic carbocycles. The van der Waals surface area contributed by atoms with Gasteiger partial charge in [0.2, 0.25) is 5.91 Å². The molecule has 2 aromatic rings. The van der Waals surface area contributed by atoms with Crippen LogP contribution in [-0.4, -0.2) is 29.2 Å². The second-order valence-corrected chi connectivity index (χ2v) is 8.55. The number of amides is 1. The van der Waals surface area contributed by atoms with Crippen LogP contribution in [0.25, 0.3) is 0 Å². The molecule has 3 rings (SSSR count). The number of hydrogen-bond donors (Lipinski definition) is 1. The highest BCUT2D eigenvalue weighted by Crippen LogP contribution is 2.28. The summed E-state index contributed by atoms with van der Waals surface area (Å²) in [4.78, 5) is 19.5. The van der Waals surface area contributed by atoms with Gasteiger partial charge in [0.25, 0.3) is 0 Å². The number of rotatable bonds is 5. The van der Waals surface area contributed by atoms with Gasteiger partial charge in [-0.25, -0.2) is 4.98 Å². The van der Waals surface area contributed by atoms with Crippen molar-refractivity contribution in [3.05, 3.63) is 47.2 Å². The Balaban J connectivity index is 1.64. The second-order valence-electron chi connectivity index (χ2n) is 7.22. The molecule has 0 saturated carbocycles. The van der Waals surface area contributed by atoms with Gasteiger partial charge in [-0.05, 0) is 75.9 Å². The van der Waals surface area contributed by atoms with Crippen LogP contribution >= 0.6 is 11.8 Å². The van der Waals surface area contributed by atoms with E-state index in [1.807, 2.05) is 39.0 Å². The molecule has 2 heterocycles. The van der Waals surface area contributed by atoms with Gasteiger partial charge >= 0.3 is 0 Å². The molecule has 1 N–H and O–H groups in total. The number of nitriles is 1. The number of carbonyl (C=O) groups excluding carboxylic acids is 1. The maximum absolute atomic E-state index is 12.6. The summed E-state index contributed by atoms with van der Waals surface area (Å²) < 4.78 is 0. The zero-order chi connectivity index (χ0) is 20.1. The lowest BCUT2D eigenvalue weighted by Gasteiger charge is -2.28. The number of hydrogen-bond acceptors (Lipinski definition) is 5. The van der Waals surface area contributed by atoms with Gasteiger partial charge in [-0.3, -0.25) is 4.79 Å². The van der Waals surface area contributed by atoms with Gasteiger partial charge in [-0.15, -0.1) is 0 Å². The normalized spacial score (nSPS) is 15.0. The monoisotopic (exact) mass is 394 g/mol. The number of benzene rings is 1. The van der Waals surface area contributed by atoms with Crippen LogP contribution in [0.5, 0.6) is 0 Å². The molecule has 1 aromatic heterocycles. The smallest absolute Gasteiger partial charge is 0.237 e. The van der Waals surface area contributed by atoms with E-state index in [1.54, 1.807) is 0 Å². The van der Waals surface area contributed by atoms with Gasteiger partial charge in [-0.1, -0.05) is 11.8 Å². The molecule has 1 unspecified atom stereocenters. The minimum absolute atomic E-state index is 0.0967. The van der Waals surface area contributed by atoms with E-state index in [2.05, 4.69) is 33.4 Å². The molecule has 0 spiro atoms. The quantitative estimate of drug-likeness (QED) is 0.746. The first-order chi connectivity index (χ1) is 13.5. The van der Waals surface area contributed by atoms with Gasteiger partial charge in [0.1, 0.15) is 11.1 Å². The highest BCUT2D eigenvalue weighted by molar-refractivity contribution is 8.00. The lowest BCUT2D eigenvalue weighted by molar-refractivity contribution is -0.115. The van der Waals surface area contributed by atoms with E-state index in [0.717, 1.165) is 30.0 Å². The summed E-state index contributed by atoms with van der Waals surface area (Å²) >= 11 is 1.32. The van der Waals surface area contributed by atoms with Crippen molar-refractivity contribution in [1.29, 1.82) is 5.26 Å². The Morgan fingerprint density at radius 3 is 2.54 bits per heavy atom. The summed E-state index contributed by atoms with van der Waals surface area (Å²) in [5.74, 6) is -0.0967. The highest BCUT2D eigenvalue weighted by Gasteiger charge is 2.19. The number of carbonyl (C=O) groups is 1. The first-order valence-electron chi connectivity index (χ1n) is 9.69. The fourth-order valence-electron chi connectivity index (χ4n) is 3.40. The summed E-state index contributed by atoms with van der Waals surface area (Å²) in [5.41, 5.74) is 4.27. The fourth-order valence-corrected chi connectivity index (χ4v) is 4.42. The van der Waals surface area contributed by atoms with E-state index in [1.165, 1.54) is 36.7 Å². The van der Waals surface area contributed by atoms with E-state index < -0.39 is 0 Å². The Bertz CT molecular complexity index is 883. The minimum atomic E-state index is -0.359. The Kier molecular flexibility index (Phi) is 6.58. The second kappa shape index (κ2) is 9.11. The molecule has 0 radical (unpaired) electrons. The highest BCUT2D eigenvalue weighted by atomic mass is 32.2. The average molecular weight is 395 g/mol. The number of thioether (sulfide) groups is 1. The predicted octanol–water partition coefficient (Wildman–Crippen LogP) is 4.68. The van der Waals surface area contributed by atoms with E-state index >= 15 is 0 Å². The van der Waals surface area contributed by atoms with E-state index in [4.69, 9.17) is 0 Å². The summed E-state index contributed by atoms with van der Waals surface area (Å²) in [6.07, 6.45) is 3.79.